The first kappa shape index (κ1) is 15.2. The minimum Gasteiger partial charge on any atom is -0.433 e. The Labute approximate surface area is 124 Å². The first-order chi connectivity index (χ1) is 10.0. The molecule has 112 valence electrons. The van der Waals surface area contributed by atoms with E-state index in [2.05, 4.69) is 15.2 Å². The second kappa shape index (κ2) is 7.03. The summed E-state index contributed by atoms with van der Waals surface area (Å²) in [5.74, 6) is -0.452. The highest BCUT2D eigenvalue weighted by atomic mass is 35.5. The fraction of sp³-hybridized carbons (Fsp3) is 0.231. The second-order valence-electron chi connectivity index (χ2n) is 4.09. The molecule has 0 saturated carbocycles. The molecular weight excluding hydrogens is 304 g/mol. The van der Waals surface area contributed by atoms with Crippen LogP contribution in [0.5, 0.6) is 5.75 Å². The van der Waals surface area contributed by atoms with Crippen LogP contribution in [0, 0.1) is 0 Å². The Morgan fingerprint density at radius 2 is 2.29 bits per heavy atom. The minimum absolute atomic E-state index is 0.0461. The van der Waals surface area contributed by atoms with Crippen molar-refractivity contribution in [3.63, 3.8) is 0 Å². The fourth-order valence-electron chi connectivity index (χ4n) is 1.64. The van der Waals surface area contributed by atoms with Gasteiger partial charge < -0.3 is 10.1 Å². The zero-order chi connectivity index (χ0) is 15.2. The van der Waals surface area contributed by atoms with Crippen LogP contribution in [0.25, 0.3) is 0 Å². The zero-order valence-electron chi connectivity index (χ0n) is 10.8. The molecule has 1 aromatic heterocycles. The van der Waals surface area contributed by atoms with Crippen LogP contribution in [0.1, 0.15) is 6.42 Å². The number of aromatic nitrogens is 2. The SMILES string of the molecule is O=C(CCn1cccn1)Nc1ccc(Cl)c(OC(F)F)c1. The van der Waals surface area contributed by atoms with E-state index in [9.17, 15) is 13.6 Å². The Balaban J connectivity index is 1.94. The van der Waals surface area contributed by atoms with Crippen LogP contribution >= 0.6 is 11.6 Å². The Morgan fingerprint density at radius 3 is 2.95 bits per heavy atom. The molecule has 0 atom stereocenters. The third kappa shape index (κ3) is 4.71. The Kier molecular flexibility index (Phi) is 5.10. The molecule has 21 heavy (non-hydrogen) atoms. The lowest BCUT2D eigenvalue weighted by atomic mass is 10.3. The van der Waals surface area contributed by atoms with Crippen molar-refractivity contribution in [1.82, 2.24) is 9.78 Å². The van der Waals surface area contributed by atoms with Gasteiger partial charge in [0.2, 0.25) is 5.91 Å². The van der Waals surface area contributed by atoms with Gasteiger partial charge in [-0.1, -0.05) is 11.6 Å². The van der Waals surface area contributed by atoms with Gasteiger partial charge in [-0.05, 0) is 18.2 Å². The van der Waals surface area contributed by atoms with E-state index in [-0.39, 0.29) is 23.1 Å². The van der Waals surface area contributed by atoms with E-state index in [4.69, 9.17) is 11.6 Å². The number of nitrogens with zero attached hydrogens (tertiary/aromatic N) is 2. The monoisotopic (exact) mass is 315 g/mol. The summed E-state index contributed by atoms with van der Waals surface area (Å²) in [4.78, 5) is 11.8. The van der Waals surface area contributed by atoms with Crippen LogP contribution < -0.4 is 10.1 Å². The van der Waals surface area contributed by atoms with E-state index in [1.807, 2.05) is 0 Å². The predicted molar refractivity (Wildman–Crippen MR) is 73.6 cm³/mol. The molecule has 5 nitrogen and oxygen atoms in total. The number of amides is 1. The van der Waals surface area contributed by atoms with Crippen molar-refractivity contribution >= 4 is 23.2 Å². The van der Waals surface area contributed by atoms with Crippen molar-refractivity contribution in [3.8, 4) is 5.75 Å². The second-order valence-corrected chi connectivity index (χ2v) is 4.50. The summed E-state index contributed by atoms with van der Waals surface area (Å²) < 4.78 is 30.3. The lowest BCUT2D eigenvalue weighted by molar-refractivity contribution is -0.116. The molecule has 0 fully saturated rings. The largest absolute Gasteiger partial charge is 0.433 e. The van der Waals surface area contributed by atoms with E-state index in [0.29, 0.717) is 12.2 Å². The summed E-state index contributed by atoms with van der Waals surface area (Å²) in [6, 6.07) is 5.89. The van der Waals surface area contributed by atoms with Crippen molar-refractivity contribution in [1.29, 1.82) is 0 Å². The normalized spacial score (nSPS) is 10.7. The summed E-state index contributed by atoms with van der Waals surface area (Å²) in [6.07, 6.45) is 3.56. The van der Waals surface area contributed by atoms with Crippen LogP contribution in [0.2, 0.25) is 5.02 Å². The van der Waals surface area contributed by atoms with Crippen LogP contribution in [0.15, 0.2) is 36.7 Å². The van der Waals surface area contributed by atoms with Crippen molar-refractivity contribution in [3.05, 3.63) is 41.7 Å². The maximum atomic E-state index is 12.2. The molecule has 2 rings (SSSR count). The third-order valence-electron chi connectivity index (χ3n) is 2.56. The first-order valence-electron chi connectivity index (χ1n) is 6.06. The minimum atomic E-state index is -2.98. The molecule has 0 aliphatic rings. The molecular formula is C13H12ClF2N3O2. The number of carbonyl (C=O) groups is 1. The maximum Gasteiger partial charge on any atom is 0.387 e. The first-order valence-corrected chi connectivity index (χ1v) is 6.44. The quantitative estimate of drug-likeness (QED) is 0.891. The summed E-state index contributed by atoms with van der Waals surface area (Å²) in [6.45, 7) is -2.56. The van der Waals surface area contributed by atoms with Gasteiger partial charge in [-0.25, -0.2) is 0 Å². The van der Waals surface area contributed by atoms with Crippen LogP contribution in [-0.4, -0.2) is 22.3 Å². The standard InChI is InChI=1S/C13H12ClF2N3O2/c14-10-3-2-9(8-11(10)21-13(15)16)18-12(20)4-7-19-6-1-5-17-19/h1-3,5-6,8,13H,4,7H2,(H,18,20). The smallest absolute Gasteiger partial charge is 0.387 e. The summed E-state index contributed by atoms with van der Waals surface area (Å²) in [5, 5.41) is 6.60. The number of hydrogen-bond acceptors (Lipinski definition) is 3. The fourth-order valence-corrected chi connectivity index (χ4v) is 1.80. The molecule has 2 aromatic rings. The lowest BCUT2D eigenvalue weighted by Gasteiger charge is -2.10. The number of rotatable bonds is 6. The van der Waals surface area contributed by atoms with E-state index >= 15 is 0 Å². The van der Waals surface area contributed by atoms with Crippen LogP contribution in [-0.2, 0) is 11.3 Å². The molecule has 0 aliphatic carbocycles. The number of anilines is 1. The number of alkyl halides is 2. The van der Waals surface area contributed by atoms with Crippen molar-refractivity contribution < 1.29 is 18.3 Å². The lowest BCUT2D eigenvalue weighted by Crippen LogP contribution is -2.15. The van der Waals surface area contributed by atoms with Crippen molar-refractivity contribution in [2.45, 2.75) is 19.6 Å². The molecule has 0 spiro atoms. The van der Waals surface area contributed by atoms with E-state index < -0.39 is 6.61 Å². The zero-order valence-corrected chi connectivity index (χ0v) is 11.6. The number of carbonyl (C=O) groups excluding carboxylic acids is 1. The average Bonchev–Trinajstić information content (AvgIpc) is 2.93. The number of nitrogens with one attached hydrogen (secondary N) is 1. The molecule has 1 amide bonds. The average molecular weight is 316 g/mol. The number of hydrogen-bond donors (Lipinski definition) is 1. The summed E-state index contributed by atoms with van der Waals surface area (Å²) in [7, 11) is 0. The molecule has 1 aromatic carbocycles. The summed E-state index contributed by atoms with van der Waals surface area (Å²) >= 11 is 5.72. The molecule has 8 heteroatoms. The Morgan fingerprint density at radius 1 is 1.48 bits per heavy atom. The van der Waals surface area contributed by atoms with Gasteiger partial charge in [0.15, 0.2) is 0 Å². The Hall–Kier alpha value is -2.15. The molecule has 1 heterocycles. The van der Waals surface area contributed by atoms with E-state index in [0.717, 1.165) is 0 Å². The highest BCUT2D eigenvalue weighted by molar-refractivity contribution is 6.32. The van der Waals surface area contributed by atoms with E-state index in [1.165, 1.54) is 18.2 Å². The van der Waals surface area contributed by atoms with Gasteiger partial charge in [0.1, 0.15) is 5.75 Å². The van der Waals surface area contributed by atoms with Crippen molar-refractivity contribution in [2.24, 2.45) is 0 Å². The molecule has 0 unspecified atom stereocenters. The van der Waals surface area contributed by atoms with Crippen LogP contribution in [0.4, 0.5) is 14.5 Å². The summed E-state index contributed by atoms with van der Waals surface area (Å²) in [5.41, 5.74) is 0.334. The van der Waals surface area contributed by atoms with Crippen molar-refractivity contribution in [2.75, 3.05) is 5.32 Å². The number of aryl methyl sites for hydroxylation is 1. The molecule has 0 saturated heterocycles. The molecule has 1 N–H and O–H groups in total. The van der Waals surface area contributed by atoms with Crippen LogP contribution in [0.3, 0.4) is 0 Å². The van der Waals surface area contributed by atoms with E-state index in [1.54, 1.807) is 23.1 Å². The predicted octanol–water partition coefficient (Wildman–Crippen LogP) is 3.17. The highest BCUT2D eigenvalue weighted by Gasteiger charge is 2.11. The van der Waals surface area contributed by atoms with Gasteiger partial charge in [-0.15, -0.1) is 0 Å². The Bertz CT molecular complexity index is 605. The number of halogens is 3. The molecule has 0 aliphatic heterocycles. The van der Waals surface area contributed by atoms with Gasteiger partial charge in [-0.2, -0.15) is 13.9 Å². The topological polar surface area (TPSA) is 56.2 Å². The van der Waals surface area contributed by atoms with Gasteiger partial charge in [0, 0.05) is 37.1 Å². The van der Waals surface area contributed by atoms with Gasteiger partial charge in [0.25, 0.3) is 0 Å². The number of benzene rings is 1. The molecule has 0 bridgehead atoms. The molecule has 0 radical (unpaired) electrons. The maximum absolute atomic E-state index is 12.2. The van der Waals surface area contributed by atoms with Gasteiger partial charge >= 0.3 is 6.61 Å². The highest BCUT2D eigenvalue weighted by Crippen LogP contribution is 2.29. The number of ether oxygens (including phenoxy) is 1. The van der Waals surface area contributed by atoms with Gasteiger partial charge in [-0.3, -0.25) is 9.48 Å². The third-order valence-corrected chi connectivity index (χ3v) is 2.87. The van der Waals surface area contributed by atoms with Gasteiger partial charge in [0.05, 0.1) is 5.02 Å².